The van der Waals surface area contributed by atoms with E-state index in [0.717, 1.165) is 13.1 Å². The first-order valence-electron chi connectivity index (χ1n) is 2.89. The average molecular weight is 130 g/mol. The van der Waals surface area contributed by atoms with E-state index < -0.39 is 5.91 Å². The van der Waals surface area contributed by atoms with E-state index in [9.17, 15) is 4.79 Å². The molecule has 0 radical (unpaired) electrons. The summed E-state index contributed by atoms with van der Waals surface area (Å²) < 4.78 is 5.00. The topological polar surface area (TPSA) is 64.4 Å². The predicted molar refractivity (Wildman–Crippen MR) is 31.8 cm³/mol. The van der Waals surface area contributed by atoms with Gasteiger partial charge in [0.2, 0.25) is 5.91 Å². The molecule has 1 fully saturated rings. The van der Waals surface area contributed by atoms with Crippen molar-refractivity contribution in [1.29, 1.82) is 0 Å². The lowest BCUT2D eigenvalue weighted by Gasteiger charge is -2.26. The maximum Gasteiger partial charge on any atom is 0.243 e. The van der Waals surface area contributed by atoms with Gasteiger partial charge < -0.3 is 15.8 Å². The minimum absolute atomic E-state index is 0.0480. The van der Waals surface area contributed by atoms with Gasteiger partial charge >= 0.3 is 0 Å². The fourth-order valence-corrected chi connectivity index (χ4v) is 0.580. The number of nitrogens with one attached hydrogen (secondary N) is 1. The van der Waals surface area contributed by atoms with Crippen LogP contribution in [0.5, 0.6) is 0 Å². The number of hydrogen-bond acceptors (Lipinski definition) is 3. The molecule has 0 bridgehead atoms. The number of rotatable bonds is 3. The van der Waals surface area contributed by atoms with Crippen LogP contribution in [-0.2, 0) is 9.53 Å². The lowest BCUT2D eigenvalue weighted by molar-refractivity contribution is -0.125. The highest BCUT2D eigenvalue weighted by atomic mass is 16.5. The summed E-state index contributed by atoms with van der Waals surface area (Å²) >= 11 is 0. The second kappa shape index (κ2) is 2.80. The largest absolute Gasteiger partial charge is 0.368 e. The molecule has 0 unspecified atom stereocenters. The van der Waals surface area contributed by atoms with E-state index in [1.807, 2.05) is 0 Å². The van der Waals surface area contributed by atoms with E-state index in [0.29, 0.717) is 0 Å². The van der Waals surface area contributed by atoms with E-state index in [1.165, 1.54) is 0 Å². The summed E-state index contributed by atoms with van der Waals surface area (Å²) in [6, 6.07) is 0. The summed E-state index contributed by atoms with van der Waals surface area (Å²) in [6.07, 6.45) is 0.206. The molecule has 0 aliphatic carbocycles. The standard InChI is InChI=1S/C5H10N2O2/c6-5(8)3-9-4-1-7-2-4/h4,7H,1-3H2,(H2,6,8). The average Bonchev–Trinajstić information content (AvgIpc) is 1.60. The van der Waals surface area contributed by atoms with Crippen molar-refractivity contribution in [3.05, 3.63) is 0 Å². The van der Waals surface area contributed by atoms with Crippen molar-refractivity contribution in [3.8, 4) is 0 Å². The van der Waals surface area contributed by atoms with Crippen molar-refractivity contribution in [1.82, 2.24) is 5.32 Å². The Hall–Kier alpha value is -0.610. The van der Waals surface area contributed by atoms with E-state index in [1.54, 1.807) is 0 Å². The molecule has 1 saturated heterocycles. The zero-order chi connectivity index (χ0) is 6.69. The maximum absolute atomic E-state index is 10.1. The van der Waals surface area contributed by atoms with Crippen LogP contribution < -0.4 is 11.1 Å². The summed E-state index contributed by atoms with van der Waals surface area (Å²) in [4.78, 5) is 10.1. The molecule has 0 aromatic heterocycles. The Morgan fingerprint density at radius 3 is 2.78 bits per heavy atom. The van der Waals surface area contributed by atoms with Crippen LogP contribution in [0.3, 0.4) is 0 Å². The molecule has 4 heteroatoms. The van der Waals surface area contributed by atoms with E-state index in [4.69, 9.17) is 10.5 Å². The summed E-state index contributed by atoms with van der Waals surface area (Å²) in [5, 5.41) is 3.01. The van der Waals surface area contributed by atoms with Gasteiger partial charge in [0, 0.05) is 13.1 Å². The second-order valence-electron chi connectivity index (χ2n) is 2.06. The molecular formula is C5H10N2O2. The molecule has 0 spiro atoms. The molecule has 1 aliphatic rings. The molecule has 52 valence electrons. The van der Waals surface area contributed by atoms with E-state index in [2.05, 4.69) is 5.32 Å². The predicted octanol–water partition coefficient (Wildman–Crippen LogP) is -1.54. The fourth-order valence-electron chi connectivity index (χ4n) is 0.580. The number of hydrogen-bond donors (Lipinski definition) is 2. The molecule has 1 rings (SSSR count). The monoisotopic (exact) mass is 130 g/mol. The third kappa shape index (κ3) is 1.99. The summed E-state index contributed by atoms with van der Waals surface area (Å²) in [5.74, 6) is -0.401. The quantitative estimate of drug-likeness (QED) is 0.486. The molecule has 3 N–H and O–H groups in total. The van der Waals surface area contributed by atoms with Gasteiger partial charge in [0.05, 0.1) is 6.10 Å². The number of carbonyl (C=O) groups excluding carboxylic acids is 1. The summed E-state index contributed by atoms with van der Waals surface area (Å²) in [6.45, 7) is 1.73. The number of carbonyl (C=O) groups is 1. The van der Waals surface area contributed by atoms with Crippen LogP contribution >= 0.6 is 0 Å². The Kier molecular flexibility index (Phi) is 2.02. The molecule has 1 amide bonds. The van der Waals surface area contributed by atoms with Crippen LogP contribution in [-0.4, -0.2) is 31.7 Å². The Labute approximate surface area is 53.4 Å². The van der Waals surface area contributed by atoms with Gasteiger partial charge in [-0.3, -0.25) is 4.79 Å². The SMILES string of the molecule is NC(=O)COC1CNC1. The number of amides is 1. The second-order valence-corrected chi connectivity index (χ2v) is 2.06. The fraction of sp³-hybridized carbons (Fsp3) is 0.800. The van der Waals surface area contributed by atoms with Crippen LogP contribution in [0, 0.1) is 0 Å². The van der Waals surface area contributed by atoms with Crippen LogP contribution in [0.2, 0.25) is 0 Å². The van der Waals surface area contributed by atoms with Crippen molar-refractivity contribution in [3.63, 3.8) is 0 Å². The van der Waals surface area contributed by atoms with Gasteiger partial charge in [-0.2, -0.15) is 0 Å². The van der Waals surface area contributed by atoms with Crippen molar-refractivity contribution >= 4 is 5.91 Å². The number of nitrogens with two attached hydrogens (primary N) is 1. The summed E-state index contributed by atoms with van der Waals surface area (Å²) in [7, 11) is 0. The van der Waals surface area contributed by atoms with Gasteiger partial charge in [-0.05, 0) is 0 Å². The molecule has 0 saturated carbocycles. The number of primary amides is 1. The Morgan fingerprint density at radius 2 is 2.44 bits per heavy atom. The van der Waals surface area contributed by atoms with Gasteiger partial charge in [-0.1, -0.05) is 0 Å². The molecule has 4 nitrogen and oxygen atoms in total. The first-order valence-corrected chi connectivity index (χ1v) is 2.89. The molecule has 1 aliphatic heterocycles. The maximum atomic E-state index is 10.1. The highest BCUT2D eigenvalue weighted by Crippen LogP contribution is 1.95. The van der Waals surface area contributed by atoms with Gasteiger partial charge in [-0.25, -0.2) is 0 Å². The normalized spacial score (nSPS) is 19.1. The third-order valence-electron chi connectivity index (χ3n) is 1.21. The van der Waals surface area contributed by atoms with Crippen LogP contribution in [0.25, 0.3) is 0 Å². The first-order chi connectivity index (χ1) is 4.29. The van der Waals surface area contributed by atoms with Crippen molar-refractivity contribution in [2.75, 3.05) is 19.7 Å². The lowest BCUT2D eigenvalue weighted by Crippen LogP contribution is -2.49. The molecule has 0 atom stereocenters. The Bertz CT molecular complexity index is 112. The van der Waals surface area contributed by atoms with Crippen molar-refractivity contribution in [2.24, 2.45) is 5.73 Å². The van der Waals surface area contributed by atoms with Crippen molar-refractivity contribution in [2.45, 2.75) is 6.10 Å². The minimum atomic E-state index is -0.401. The molecular weight excluding hydrogens is 120 g/mol. The first kappa shape index (κ1) is 6.51. The van der Waals surface area contributed by atoms with Gasteiger partial charge in [0.1, 0.15) is 6.61 Å². The van der Waals surface area contributed by atoms with Gasteiger partial charge in [0.15, 0.2) is 0 Å². The summed E-state index contributed by atoms with van der Waals surface area (Å²) in [5.41, 5.74) is 4.84. The highest BCUT2D eigenvalue weighted by Gasteiger charge is 2.16. The molecule has 9 heavy (non-hydrogen) atoms. The molecule has 0 aromatic rings. The zero-order valence-corrected chi connectivity index (χ0v) is 5.09. The Morgan fingerprint density at radius 1 is 1.78 bits per heavy atom. The molecule has 0 aromatic carbocycles. The van der Waals surface area contributed by atoms with Crippen LogP contribution in [0.1, 0.15) is 0 Å². The third-order valence-corrected chi connectivity index (χ3v) is 1.21. The van der Waals surface area contributed by atoms with Gasteiger partial charge in [-0.15, -0.1) is 0 Å². The molecule has 1 heterocycles. The highest BCUT2D eigenvalue weighted by molar-refractivity contribution is 5.75. The Balaban J connectivity index is 1.97. The van der Waals surface area contributed by atoms with Crippen LogP contribution in [0.15, 0.2) is 0 Å². The number of ether oxygens (including phenoxy) is 1. The lowest BCUT2D eigenvalue weighted by atomic mass is 10.2. The van der Waals surface area contributed by atoms with Crippen LogP contribution in [0.4, 0.5) is 0 Å². The minimum Gasteiger partial charge on any atom is -0.368 e. The van der Waals surface area contributed by atoms with Gasteiger partial charge in [0.25, 0.3) is 0 Å². The van der Waals surface area contributed by atoms with E-state index in [-0.39, 0.29) is 12.7 Å². The smallest absolute Gasteiger partial charge is 0.243 e. The zero-order valence-electron chi connectivity index (χ0n) is 5.09. The van der Waals surface area contributed by atoms with Crippen molar-refractivity contribution < 1.29 is 9.53 Å². The van der Waals surface area contributed by atoms with E-state index >= 15 is 0 Å².